The van der Waals surface area contributed by atoms with Crippen LogP contribution >= 0.6 is 0 Å². The van der Waals surface area contributed by atoms with Crippen LogP contribution in [0.2, 0.25) is 0 Å². The third-order valence-electron chi connectivity index (χ3n) is 5.06. The summed E-state index contributed by atoms with van der Waals surface area (Å²) < 4.78 is 18.3. The van der Waals surface area contributed by atoms with Gasteiger partial charge in [0.1, 0.15) is 5.82 Å². The van der Waals surface area contributed by atoms with Crippen LogP contribution in [-0.4, -0.2) is 35.0 Å². The number of carbonyl (C=O) groups is 1. The van der Waals surface area contributed by atoms with Gasteiger partial charge < -0.3 is 9.84 Å². The number of ether oxygens (including phenoxy) is 1. The van der Waals surface area contributed by atoms with Gasteiger partial charge in [0.25, 0.3) is 0 Å². The lowest BCUT2D eigenvalue weighted by Gasteiger charge is -2.37. The fraction of sp³-hybridized carbons (Fsp3) is 0.409. The lowest BCUT2D eigenvalue weighted by molar-refractivity contribution is -0.186. The van der Waals surface area contributed by atoms with Gasteiger partial charge in [-0.05, 0) is 41.3 Å². The molecule has 0 unspecified atom stereocenters. The number of piperidine rings is 1. The third kappa shape index (κ3) is 5.53. The summed E-state index contributed by atoms with van der Waals surface area (Å²) in [5.41, 5.74) is 2.83. The Balaban J connectivity index is 1.48. The highest BCUT2D eigenvalue weighted by atomic mass is 19.1. The van der Waals surface area contributed by atoms with Gasteiger partial charge in [-0.2, -0.15) is 0 Å². The van der Waals surface area contributed by atoms with E-state index < -0.39 is 11.9 Å². The van der Waals surface area contributed by atoms with E-state index in [-0.39, 0.29) is 5.82 Å². The first-order valence-electron chi connectivity index (χ1n) is 9.62. The van der Waals surface area contributed by atoms with E-state index in [2.05, 4.69) is 24.1 Å². The number of anilines is 1. The lowest BCUT2D eigenvalue weighted by atomic mass is 10.0. The molecule has 0 spiro atoms. The second-order valence-electron chi connectivity index (χ2n) is 7.64. The molecule has 150 valence electrons. The van der Waals surface area contributed by atoms with Crippen molar-refractivity contribution in [3.63, 3.8) is 0 Å². The van der Waals surface area contributed by atoms with Crippen molar-refractivity contribution in [2.24, 2.45) is 0 Å². The second kappa shape index (κ2) is 8.71. The smallest absolute Gasteiger partial charge is 0.414 e. The van der Waals surface area contributed by atoms with Gasteiger partial charge in [0.15, 0.2) is 0 Å². The molecule has 0 bridgehead atoms. The van der Waals surface area contributed by atoms with E-state index in [1.165, 1.54) is 17.7 Å². The Morgan fingerprint density at radius 1 is 1.14 bits per heavy atom. The summed E-state index contributed by atoms with van der Waals surface area (Å²) in [4.78, 5) is 14.3. The molecule has 28 heavy (non-hydrogen) atoms. The minimum Gasteiger partial charge on any atom is -0.417 e. The first-order valence-corrected chi connectivity index (χ1v) is 9.62. The van der Waals surface area contributed by atoms with Gasteiger partial charge in [0.2, 0.25) is 5.79 Å². The fourth-order valence-electron chi connectivity index (χ4n) is 3.28. The van der Waals surface area contributed by atoms with Gasteiger partial charge in [-0.15, -0.1) is 0 Å². The average molecular weight is 386 g/mol. The van der Waals surface area contributed by atoms with Crippen LogP contribution in [0.3, 0.4) is 0 Å². The van der Waals surface area contributed by atoms with Crippen molar-refractivity contribution < 1.29 is 19.0 Å². The maximum absolute atomic E-state index is 13.0. The number of nitrogens with zero attached hydrogens (tertiary/aromatic N) is 1. The summed E-state index contributed by atoms with van der Waals surface area (Å²) >= 11 is 0. The van der Waals surface area contributed by atoms with Crippen LogP contribution in [0.4, 0.5) is 14.9 Å². The van der Waals surface area contributed by atoms with Crippen LogP contribution in [-0.2, 0) is 11.3 Å². The van der Waals surface area contributed by atoms with Crippen molar-refractivity contribution >= 4 is 11.8 Å². The Kier molecular flexibility index (Phi) is 6.31. The summed E-state index contributed by atoms with van der Waals surface area (Å²) in [5.74, 6) is -1.31. The quantitative estimate of drug-likeness (QED) is 0.744. The minimum atomic E-state index is -1.47. The monoisotopic (exact) mass is 386 g/mol. The number of amides is 1. The van der Waals surface area contributed by atoms with Gasteiger partial charge in [-0.1, -0.05) is 38.1 Å². The molecule has 1 fully saturated rings. The van der Waals surface area contributed by atoms with E-state index in [0.29, 0.717) is 44.1 Å². The molecular weight excluding hydrogens is 359 g/mol. The number of hydrogen-bond donors (Lipinski definition) is 2. The van der Waals surface area contributed by atoms with Crippen molar-refractivity contribution in [3.8, 4) is 0 Å². The normalized spacial score (nSPS) is 16.8. The molecular formula is C22H27FN2O3. The first kappa shape index (κ1) is 20.3. The molecule has 1 saturated heterocycles. The summed E-state index contributed by atoms with van der Waals surface area (Å²) in [5, 5.41) is 13.3. The zero-order valence-corrected chi connectivity index (χ0v) is 16.3. The van der Waals surface area contributed by atoms with Crippen LogP contribution in [0.15, 0.2) is 48.5 Å². The molecule has 2 aromatic rings. The maximum Gasteiger partial charge on any atom is 0.414 e. The zero-order valence-electron chi connectivity index (χ0n) is 16.3. The molecule has 1 amide bonds. The number of hydrogen-bond acceptors (Lipinski definition) is 4. The van der Waals surface area contributed by atoms with E-state index in [1.54, 1.807) is 12.1 Å². The molecule has 5 nitrogen and oxygen atoms in total. The van der Waals surface area contributed by atoms with E-state index in [4.69, 9.17) is 4.74 Å². The molecule has 0 atom stereocenters. The third-order valence-corrected chi connectivity index (χ3v) is 5.06. The number of benzene rings is 2. The van der Waals surface area contributed by atoms with Crippen LogP contribution in [0.1, 0.15) is 43.7 Å². The Labute approximate surface area is 165 Å². The summed E-state index contributed by atoms with van der Waals surface area (Å²) in [6.45, 7) is 6.06. The van der Waals surface area contributed by atoms with Gasteiger partial charge in [-0.3, -0.25) is 10.2 Å². The minimum absolute atomic E-state index is 0.255. The number of nitrogens with one attached hydrogen (secondary N) is 1. The van der Waals surface area contributed by atoms with Crippen LogP contribution in [0, 0.1) is 5.82 Å². The predicted molar refractivity (Wildman–Crippen MR) is 106 cm³/mol. The Morgan fingerprint density at radius 3 is 2.32 bits per heavy atom. The lowest BCUT2D eigenvalue weighted by Crippen LogP contribution is -2.47. The van der Waals surface area contributed by atoms with Crippen LogP contribution < -0.4 is 5.32 Å². The average Bonchev–Trinajstić information content (AvgIpc) is 2.66. The van der Waals surface area contributed by atoms with Crippen LogP contribution in [0.25, 0.3) is 0 Å². The van der Waals surface area contributed by atoms with E-state index in [0.717, 1.165) is 5.56 Å². The molecule has 0 aromatic heterocycles. The highest BCUT2D eigenvalue weighted by molar-refractivity contribution is 5.84. The number of aliphatic hydroxyl groups is 1. The summed E-state index contributed by atoms with van der Waals surface area (Å²) in [6.07, 6.45) is -0.00582. The second-order valence-corrected chi connectivity index (χ2v) is 7.64. The predicted octanol–water partition coefficient (Wildman–Crippen LogP) is 4.48. The van der Waals surface area contributed by atoms with Crippen molar-refractivity contribution in [2.75, 3.05) is 18.4 Å². The van der Waals surface area contributed by atoms with Gasteiger partial charge >= 0.3 is 6.09 Å². The van der Waals surface area contributed by atoms with Crippen LogP contribution in [0.5, 0.6) is 0 Å². The van der Waals surface area contributed by atoms with Gasteiger partial charge in [-0.25, -0.2) is 9.18 Å². The maximum atomic E-state index is 13.0. The molecule has 1 aliphatic heterocycles. The molecule has 0 aliphatic carbocycles. The van der Waals surface area contributed by atoms with Gasteiger partial charge in [0, 0.05) is 38.2 Å². The molecule has 2 N–H and O–H groups in total. The molecule has 6 heteroatoms. The zero-order chi connectivity index (χ0) is 20.1. The number of carbonyl (C=O) groups excluding carboxylic acids is 1. The summed E-state index contributed by atoms with van der Waals surface area (Å²) in [6, 6.07) is 14.0. The van der Waals surface area contributed by atoms with Crippen molar-refractivity contribution in [1.29, 1.82) is 0 Å². The first-order chi connectivity index (χ1) is 13.3. The standard InChI is InChI=1S/C22H27FN2O3/c1-16(2)18-5-9-20(10-6-18)24-21(26)28-22(27)11-13-25(14-12-22)15-17-3-7-19(23)8-4-17/h3-10,16,27H,11-15H2,1-2H3,(H,24,26). The van der Waals surface area contributed by atoms with E-state index in [1.807, 2.05) is 24.3 Å². The Hall–Kier alpha value is -2.44. The topological polar surface area (TPSA) is 61.8 Å². The van der Waals surface area contributed by atoms with Crippen molar-refractivity contribution in [3.05, 3.63) is 65.5 Å². The van der Waals surface area contributed by atoms with Gasteiger partial charge in [0.05, 0.1) is 0 Å². The largest absolute Gasteiger partial charge is 0.417 e. The van der Waals surface area contributed by atoms with E-state index in [9.17, 15) is 14.3 Å². The highest BCUT2D eigenvalue weighted by Crippen LogP contribution is 2.25. The molecule has 0 saturated carbocycles. The number of rotatable bonds is 5. The Bertz CT molecular complexity index is 782. The summed E-state index contributed by atoms with van der Waals surface area (Å²) in [7, 11) is 0. The molecule has 3 rings (SSSR count). The van der Waals surface area contributed by atoms with Crippen molar-refractivity contribution in [1.82, 2.24) is 4.90 Å². The molecule has 1 aliphatic rings. The number of likely N-dealkylation sites (tertiary alicyclic amines) is 1. The fourth-order valence-corrected chi connectivity index (χ4v) is 3.28. The van der Waals surface area contributed by atoms with E-state index >= 15 is 0 Å². The molecule has 0 radical (unpaired) electrons. The molecule has 1 heterocycles. The van der Waals surface area contributed by atoms with Crippen molar-refractivity contribution in [2.45, 2.75) is 44.9 Å². The highest BCUT2D eigenvalue weighted by Gasteiger charge is 2.36. The molecule has 2 aromatic carbocycles. The Morgan fingerprint density at radius 2 is 1.75 bits per heavy atom. The number of halogens is 1. The SMILES string of the molecule is CC(C)c1ccc(NC(=O)OC2(O)CCN(Cc3ccc(F)cc3)CC2)cc1.